The highest BCUT2D eigenvalue weighted by Gasteiger charge is 1.99. The first-order chi connectivity index (χ1) is 4.74. The second-order valence-electron chi connectivity index (χ2n) is 1.62. The van der Waals surface area contributed by atoms with Crippen LogP contribution in [0, 0.1) is 0 Å². The van der Waals surface area contributed by atoms with Crippen LogP contribution in [0.2, 0.25) is 10.3 Å². The second kappa shape index (κ2) is 3.03. The smallest absolute Gasteiger partial charge is 0.174 e. The Morgan fingerprint density at radius 1 is 1.40 bits per heavy atom. The van der Waals surface area contributed by atoms with Gasteiger partial charge in [-0.25, -0.2) is 0 Å². The van der Waals surface area contributed by atoms with E-state index in [0.717, 1.165) is 0 Å². The summed E-state index contributed by atoms with van der Waals surface area (Å²) in [7, 11) is 1.74. The molecule has 0 fully saturated rings. The van der Waals surface area contributed by atoms with Gasteiger partial charge in [-0.3, -0.25) is 0 Å². The maximum absolute atomic E-state index is 5.60. The molecule has 3 nitrogen and oxygen atoms in total. The number of hydrogen-bond donors (Lipinski definition) is 1. The van der Waals surface area contributed by atoms with Crippen molar-refractivity contribution >= 4 is 28.9 Å². The molecule has 1 heterocycles. The minimum Gasteiger partial charge on any atom is -0.385 e. The van der Waals surface area contributed by atoms with Crippen LogP contribution in [-0.2, 0) is 0 Å². The molecule has 0 atom stereocenters. The molecule has 5 heteroatoms. The average Bonchev–Trinajstić information content (AvgIpc) is 1.94. The van der Waals surface area contributed by atoms with Crippen LogP contribution in [0.4, 0.5) is 5.69 Å². The summed E-state index contributed by atoms with van der Waals surface area (Å²) in [5.74, 6) is 0. The van der Waals surface area contributed by atoms with Crippen LogP contribution >= 0.6 is 23.2 Å². The lowest BCUT2D eigenvalue weighted by Crippen LogP contribution is -1.92. The maximum atomic E-state index is 5.60. The van der Waals surface area contributed by atoms with Crippen LogP contribution < -0.4 is 5.32 Å². The first-order valence-corrected chi connectivity index (χ1v) is 3.36. The zero-order chi connectivity index (χ0) is 7.56. The number of rotatable bonds is 1. The minimum atomic E-state index is 0.326. The average molecular weight is 178 g/mol. The van der Waals surface area contributed by atoms with E-state index in [1.54, 1.807) is 13.1 Å². The van der Waals surface area contributed by atoms with E-state index in [2.05, 4.69) is 15.5 Å². The van der Waals surface area contributed by atoms with E-state index < -0.39 is 0 Å². The van der Waals surface area contributed by atoms with Crippen molar-refractivity contribution in [1.82, 2.24) is 10.2 Å². The standard InChI is InChI=1S/C5H5Cl2N3/c1-8-3-2-4(6)9-10-5(3)7/h2H,1H3,(H,8,9). The normalized spacial score (nSPS) is 9.50. The van der Waals surface area contributed by atoms with Gasteiger partial charge < -0.3 is 5.32 Å². The Hall–Kier alpha value is -0.540. The Labute approximate surface area is 68.4 Å². The fourth-order valence-corrected chi connectivity index (χ4v) is 0.862. The molecular weight excluding hydrogens is 173 g/mol. The molecule has 1 rings (SSSR count). The summed E-state index contributed by atoms with van der Waals surface area (Å²) in [6.07, 6.45) is 0. The second-order valence-corrected chi connectivity index (χ2v) is 2.37. The Morgan fingerprint density at radius 3 is 2.60 bits per heavy atom. The summed E-state index contributed by atoms with van der Waals surface area (Å²) in [5, 5.41) is 10.6. The molecule has 0 aliphatic carbocycles. The number of nitrogens with one attached hydrogen (secondary N) is 1. The fraction of sp³-hybridized carbons (Fsp3) is 0.200. The zero-order valence-corrected chi connectivity index (χ0v) is 6.74. The highest BCUT2D eigenvalue weighted by molar-refractivity contribution is 6.33. The molecule has 0 saturated carbocycles. The first kappa shape index (κ1) is 7.57. The van der Waals surface area contributed by atoms with Gasteiger partial charge in [-0.2, -0.15) is 0 Å². The highest BCUT2D eigenvalue weighted by Crippen LogP contribution is 2.19. The van der Waals surface area contributed by atoms with Gasteiger partial charge in [-0.1, -0.05) is 23.2 Å². The molecule has 0 saturated heterocycles. The van der Waals surface area contributed by atoms with Crippen molar-refractivity contribution in [1.29, 1.82) is 0 Å². The third-order valence-electron chi connectivity index (χ3n) is 0.988. The molecule has 1 aromatic heterocycles. The largest absolute Gasteiger partial charge is 0.385 e. The highest BCUT2D eigenvalue weighted by atomic mass is 35.5. The van der Waals surface area contributed by atoms with Crippen molar-refractivity contribution in [2.24, 2.45) is 0 Å². The Balaban J connectivity index is 3.09. The summed E-state index contributed by atoms with van der Waals surface area (Å²) < 4.78 is 0. The van der Waals surface area contributed by atoms with E-state index >= 15 is 0 Å². The predicted octanol–water partition coefficient (Wildman–Crippen LogP) is 1.83. The van der Waals surface area contributed by atoms with Crippen molar-refractivity contribution < 1.29 is 0 Å². The van der Waals surface area contributed by atoms with Crippen LogP contribution in [0.3, 0.4) is 0 Å². The van der Waals surface area contributed by atoms with E-state index in [4.69, 9.17) is 23.2 Å². The molecule has 0 bridgehead atoms. The number of halogens is 2. The Kier molecular flexibility index (Phi) is 2.29. The summed E-state index contributed by atoms with van der Waals surface area (Å²) in [6, 6.07) is 1.61. The van der Waals surface area contributed by atoms with Crippen molar-refractivity contribution in [2.45, 2.75) is 0 Å². The van der Waals surface area contributed by atoms with E-state index in [-0.39, 0.29) is 0 Å². The molecule has 0 unspecified atom stereocenters. The number of hydrogen-bond acceptors (Lipinski definition) is 3. The molecule has 54 valence electrons. The third-order valence-corrected chi connectivity index (χ3v) is 1.45. The van der Waals surface area contributed by atoms with Crippen molar-refractivity contribution in [3.63, 3.8) is 0 Å². The van der Waals surface area contributed by atoms with Gasteiger partial charge in [0.05, 0.1) is 5.69 Å². The van der Waals surface area contributed by atoms with Gasteiger partial charge in [-0.15, -0.1) is 10.2 Å². The maximum Gasteiger partial charge on any atom is 0.174 e. The van der Waals surface area contributed by atoms with Crippen molar-refractivity contribution in [2.75, 3.05) is 12.4 Å². The molecule has 0 aliphatic rings. The van der Waals surface area contributed by atoms with Gasteiger partial charge in [0.25, 0.3) is 0 Å². The van der Waals surface area contributed by atoms with E-state index in [9.17, 15) is 0 Å². The van der Waals surface area contributed by atoms with Crippen molar-refractivity contribution in [3.05, 3.63) is 16.4 Å². The lowest BCUT2D eigenvalue weighted by molar-refractivity contribution is 1.03. The quantitative estimate of drug-likeness (QED) is 0.712. The van der Waals surface area contributed by atoms with Gasteiger partial charge in [0.15, 0.2) is 10.3 Å². The fourth-order valence-electron chi connectivity index (χ4n) is 0.528. The zero-order valence-electron chi connectivity index (χ0n) is 5.23. The summed E-state index contributed by atoms with van der Waals surface area (Å²) >= 11 is 11.1. The number of nitrogens with zero attached hydrogens (tertiary/aromatic N) is 2. The third kappa shape index (κ3) is 1.49. The lowest BCUT2D eigenvalue weighted by atomic mass is 10.5. The van der Waals surface area contributed by atoms with Gasteiger partial charge in [0, 0.05) is 13.1 Å². The van der Waals surface area contributed by atoms with E-state index in [1.165, 1.54) is 0 Å². The Morgan fingerprint density at radius 2 is 2.10 bits per heavy atom. The van der Waals surface area contributed by atoms with Crippen LogP contribution in [0.25, 0.3) is 0 Å². The molecule has 0 spiro atoms. The van der Waals surface area contributed by atoms with Gasteiger partial charge in [-0.05, 0) is 0 Å². The van der Waals surface area contributed by atoms with E-state index in [1.807, 2.05) is 0 Å². The van der Waals surface area contributed by atoms with Gasteiger partial charge in [0.2, 0.25) is 0 Å². The minimum absolute atomic E-state index is 0.326. The molecule has 1 aromatic rings. The van der Waals surface area contributed by atoms with Crippen LogP contribution in [0.5, 0.6) is 0 Å². The molecule has 10 heavy (non-hydrogen) atoms. The summed E-state index contributed by atoms with van der Waals surface area (Å²) in [4.78, 5) is 0. The SMILES string of the molecule is CNc1cc(Cl)nnc1Cl. The predicted molar refractivity (Wildman–Crippen MR) is 41.6 cm³/mol. The molecule has 0 radical (unpaired) electrons. The molecular formula is C5H5Cl2N3. The van der Waals surface area contributed by atoms with Crippen LogP contribution in [-0.4, -0.2) is 17.2 Å². The van der Waals surface area contributed by atoms with Gasteiger partial charge in [0.1, 0.15) is 0 Å². The van der Waals surface area contributed by atoms with Crippen LogP contribution in [0.15, 0.2) is 6.07 Å². The number of anilines is 1. The molecule has 0 aliphatic heterocycles. The number of aromatic nitrogens is 2. The van der Waals surface area contributed by atoms with Crippen LogP contribution in [0.1, 0.15) is 0 Å². The summed E-state index contributed by atoms with van der Waals surface area (Å²) in [6.45, 7) is 0. The molecule has 1 N–H and O–H groups in total. The molecule has 0 aromatic carbocycles. The van der Waals surface area contributed by atoms with Gasteiger partial charge >= 0.3 is 0 Å². The summed E-state index contributed by atoms with van der Waals surface area (Å²) in [5.41, 5.74) is 0.682. The first-order valence-electron chi connectivity index (χ1n) is 2.60. The van der Waals surface area contributed by atoms with E-state index in [0.29, 0.717) is 16.0 Å². The molecule has 0 amide bonds. The topological polar surface area (TPSA) is 37.8 Å². The monoisotopic (exact) mass is 177 g/mol. The lowest BCUT2D eigenvalue weighted by Gasteiger charge is -1.99. The Bertz CT molecular complexity index is 238. The van der Waals surface area contributed by atoms with Crippen molar-refractivity contribution in [3.8, 4) is 0 Å².